The first-order valence-electron chi connectivity index (χ1n) is 5.32. The van der Waals surface area contributed by atoms with E-state index >= 15 is 0 Å². The molecule has 1 unspecified atom stereocenters. The second kappa shape index (κ2) is 5.34. The number of aryl methyl sites for hydroxylation is 1. The molecule has 18 heavy (non-hydrogen) atoms. The molecule has 2 rings (SSSR count). The lowest BCUT2D eigenvalue weighted by Gasteiger charge is -2.16. The summed E-state index contributed by atoms with van der Waals surface area (Å²) in [4.78, 5) is 3.99. The molecule has 0 saturated heterocycles. The van der Waals surface area contributed by atoms with Gasteiger partial charge in [0.25, 0.3) is 0 Å². The monoisotopic (exact) mass is 328 g/mol. The third kappa shape index (κ3) is 2.41. The summed E-state index contributed by atoms with van der Waals surface area (Å²) >= 11 is 9.04. The molecule has 0 spiro atoms. The third-order valence-corrected chi connectivity index (χ3v) is 4.06. The smallest absolute Gasteiger partial charge is 0.148 e. The lowest BCUT2D eigenvalue weighted by Crippen LogP contribution is -2.15. The van der Waals surface area contributed by atoms with E-state index < -0.39 is 11.9 Å². The molecule has 1 atom stereocenters. The van der Waals surface area contributed by atoms with Crippen LogP contribution in [0.25, 0.3) is 0 Å². The molecule has 0 aliphatic carbocycles. The highest BCUT2D eigenvalue weighted by atomic mass is 79.9. The second-order valence-corrected chi connectivity index (χ2v) is 5.21. The van der Waals surface area contributed by atoms with Crippen molar-refractivity contribution in [3.05, 3.63) is 62.6 Å². The zero-order valence-electron chi connectivity index (χ0n) is 9.62. The van der Waals surface area contributed by atoms with Crippen LogP contribution in [0.1, 0.15) is 22.7 Å². The van der Waals surface area contributed by atoms with Gasteiger partial charge in [0.15, 0.2) is 0 Å². The Hall–Kier alpha value is -0.970. The van der Waals surface area contributed by atoms with Crippen molar-refractivity contribution in [2.45, 2.75) is 13.0 Å². The minimum Gasteiger partial charge on any atom is -0.320 e. The molecule has 0 fully saturated rings. The van der Waals surface area contributed by atoms with Crippen LogP contribution in [0.3, 0.4) is 0 Å². The largest absolute Gasteiger partial charge is 0.320 e. The average molecular weight is 330 g/mol. The number of halogens is 3. The van der Waals surface area contributed by atoms with Crippen LogP contribution < -0.4 is 5.73 Å². The maximum absolute atomic E-state index is 14.1. The van der Waals surface area contributed by atoms with Gasteiger partial charge in [0.05, 0.1) is 11.1 Å². The molecule has 0 aliphatic heterocycles. The van der Waals surface area contributed by atoms with Crippen molar-refractivity contribution in [3.8, 4) is 0 Å². The van der Waals surface area contributed by atoms with Crippen molar-refractivity contribution in [1.82, 2.24) is 4.98 Å². The Labute approximate surface area is 118 Å². The standard InChI is InChI=1S/C13H11BrClFN2/c1-7-6-18-5-4-8(7)13(17)9-2-3-10(14)11(15)12(9)16/h2-6,13H,17H2,1H3. The molecule has 0 radical (unpaired) electrons. The molecule has 0 saturated carbocycles. The summed E-state index contributed by atoms with van der Waals surface area (Å²) in [5.41, 5.74) is 8.22. The summed E-state index contributed by atoms with van der Waals surface area (Å²) in [5.74, 6) is -0.491. The topological polar surface area (TPSA) is 38.9 Å². The van der Waals surface area contributed by atoms with Gasteiger partial charge >= 0.3 is 0 Å². The molecule has 2 aromatic rings. The Morgan fingerprint density at radius 2 is 2.06 bits per heavy atom. The fourth-order valence-corrected chi connectivity index (χ4v) is 2.26. The van der Waals surface area contributed by atoms with Crippen LogP contribution in [0.2, 0.25) is 5.02 Å². The molecule has 0 bridgehead atoms. The normalized spacial score (nSPS) is 12.5. The fraction of sp³-hybridized carbons (Fsp3) is 0.154. The second-order valence-electron chi connectivity index (χ2n) is 3.97. The van der Waals surface area contributed by atoms with Crippen molar-refractivity contribution in [1.29, 1.82) is 0 Å². The van der Waals surface area contributed by atoms with E-state index in [9.17, 15) is 4.39 Å². The van der Waals surface area contributed by atoms with Gasteiger partial charge in [-0.15, -0.1) is 0 Å². The van der Waals surface area contributed by atoms with Gasteiger partial charge in [0.1, 0.15) is 5.82 Å². The first-order valence-corrected chi connectivity index (χ1v) is 6.49. The molecule has 1 aromatic carbocycles. The minimum atomic E-state index is -0.557. The molecule has 0 aliphatic rings. The van der Waals surface area contributed by atoms with Gasteiger partial charge in [-0.3, -0.25) is 4.98 Å². The van der Waals surface area contributed by atoms with Crippen LogP contribution in [0.15, 0.2) is 35.1 Å². The number of aromatic nitrogens is 1. The van der Waals surface area contributed by atoms with E-state index in [1.165, 1.54) is 0 Å². The van der Waals surface area contributed by atoms with E-state index in [0.29, 0.717) is 10.0 Å². The zero-order chi connectivity index (χ0) is 13.3. The third-order valence-electron chi connectivity index (χ3n) is 2.80. The molecule has 1 aromatic heterocycles. The van der Waals surface area contributed by atoms with Crippen molar-refractivity contribution in [3.63, 3.8) is 0 Å². The van der Waals surface area contributed by atoms with E-state index in [1.54, 1.807) is 30.6 Å². The first kappa shape index (κ1) is 13.5. The van der Waals surface area contributed by atoms with Gasteiger partial charge in [0.2, 0.25) is 0 Å². The number of nitrogens with two attached hydrogens (primary N) is 1. The lowest BCUT2D eigenvalue weighted by molar-refractivity contribution is 0.598. The molecule has 94 valence electrons. The number of nitrogens with zero attached hydrogens (tertiary/aromatic N) is 1. The number of hydrogen-bond donors (Lipinski definition) is 1. The van der Waals surface area contributed by atoms with E-state index in [4.69, 9.17) is 17.3 Å². The maximum Gasteiger partial charge on any atom is 0.148 e. The highest BCUT2D eigenvalue weighted by molar-refractivity contribution is 9.10. The quantitative estimate of drug-likeness (QED) is 0.846. The summed E-state index contributed by atoms with van der Waals surface area (Å²) < 4.78 is 14.6. The lowest BCUT2D eigenvalue weighted by atomic mass is 9.97. The summed E-state index contributed by atoms with van der Waals surface area (Å²) in [5, 5.41) is 0.0506. The molecule has 1 heterocycles. The summed E-state index contributed by atoms with van der Waals surface area (Å²) in [6.45, 7) is 1.89. The van der Waals surface area contributed by atoms with Crippen LogP contribution in [-0.2, 0) is 0 Å². The Kier molecular flexibility index (Phi) is 4.00. The minimum absolute atomic E-state index is 0.0506. The van der Waals surface area contributed by atoms with Crippen molar-refractivity contribution in [2.24, 2.45) is 5.73 Å². The Morgan fingerprint density at radius 1 is 1.33 bits per heavy atom. The summed E-state index contributed by atoms with van der Waals surface area (Å²) in [6, 6.07) is 4.56. The molecule has 2 nitrogen and oxygen atoms in total. The van der Waals surface area contributed by atoms with Gasteiger partial charge in [0, 0.05) is 22.4 Å². The predicted molar refractivity (Wildman–Crippen MR) is 74.1 cm³/mol. The molecular weight excluding hydrogens is 319 g/mol. The van der Waals surface area contributed by atoms with Crippen LogP contribution in [0.5, 0.6) is 0 Å². The Bertz CT molecular complexity index is 589. The van der Waals surface area contributed by atoms with Crippen LogP contribution in [-0.4, -0.2) is 4.98 Å². The Morgan fingerprint density at radius 3 is 2.72 bits per heavy atom. The number of benzene rings is 1. The van der Waals surface area contributed by atoms with E-state index in [2.05, 4.69) is 20.9 Å². The molecule has 5 heteroatoms. The fourth-order valence-electron chi connectivity index (χ4n) is 1.78. The summed E-state index contributed by atoms with van der Waals surface area (Å²) in [6.07, 6.45) is 3.34. The van der Waals surface area contributed by atoms with Gasteiger partial charge in [-0.2, -0.15) is 0 Å². The predicted octanol–water partition coefficient (Wildman–Crippen LogP) is 3.99. The molecule has 2 N–H and O–H groups in total. The SMILES string of the molecule is Cc1cnccc1C(N)c1ccc(Br)c(Cl)c1F. The molecular formula is C13H11BrClFN2. The van der Waals surface area contributed by atoms with Gasteiger partial charge in [-0.25, -0.2) is 4.39 Å². The van der Waals surface area contributed by atoms with Crippen molar-refractivity contribution in [2.75, 3.05) is 0 Å². The van der Waals surface area contributed by atoms with Crippen LogP contribution in [0.4, 0.5) is 4.39 Å². The van der Waals surface area contributed by atoms with Gasteiger partial charge in [-0.1, -0.05) is 17.7 Å². The number of rotatable bonds is 2. The highest BCUT2D eigenvalue weighted by Crippen LogP contribution is 2.32. The van der Waals surface area contributed by atoms with E-state index in [1.807, 2.05) is 6.92 Å². The van der Waals surface area contributed by atoms with Crippen LogP contribution >= 0.6 is 27.5 Å². The number of hydrogen-bond acceptors (Lipinski definition) is 2. The van der Waals surface area contributed by atoms with Crippen LogP contribution in [0, 0.1) is 12.7 Å². The van der Waals surface area contributed by atoms with Gasteiger partial charge < -0.3 is 5.73 Å². The van der Waals surface area contributed by atoms with E-state index in [0.717, 1.165) is 11.1 Å². The zero-order valence-corrected chi connectivity index (χ0v) is 12.0. The van der Waals surface area contributed by atoms with E-state index in [-0.39, 0.29) is 5.02 Å². The molecule has 0 amide bonds. The van der Waals surface area contributed by atoms with Crippen molar-refractivity contribution < 1.29 is 4.39 Å². The summed E-state index contributed by atoms with van der Waals surface area (Å²) in [7, 11) is 0. The van der Waals surface area contributed by atoms with Gasteiger partial charge in [-0.05, 0) is 46.1 Å². The van der Waals surface area contributed by atoms with Crippen molar-refractivity contribution >= 4 is 27.5 Å². The first-order chi connectivity index (χ1) is 8.52. The number of pyridine rings is 1. The Balaban J connectivity index is 2.50. The average Bonchev–Trinajstić information content (AvgIpc) is 2.36. The highest BCUT2D eigenvalue weighted by Gasteiger charge is 2.18. The maximum atomic E-state index is 14.1.